The van der Waals surface area contributed by atoms with E-state index < -0.39 is 6.67 Å². The van der Waals surface area contributed by atoms with E-state index in [1.807, 2.05) is 6.07 Å². The van der Waals surface area contributed by atoms with E-state index in [-0.39, 0.29) is 0 Å². The molecule has 2 aromatic carbocycles. The van der Waals surface area contributed by atoms with Crippen molar-refractivity contribution in [2.75, 3.05) is 0 Å². The van der Waals surface area contributed by atoms with Crippen LogP contribution in [0.3, 0.4) is 0 Å². The third kappa shape index (κ3) is 3.10. The maximum absolute atomic E-state index is 12.9. The Morgan fingerprint density at radius 3 is 2.63 bits per heavy atom. The van der Waals surface area contributed by atoms with Crippen molar-refractivity contribution < 1.29 is 4.39 Å². The first-order valence-corrected chi connectivity index (χ1v) is 9.64. The van der Waals surface area contributed by atoms with Crippen molar-refractivity contribution in [1.82, 2.24) is 34.8 Å². The third-order valence-electron chi connectivity index (χ3n) is 4.59. The lowest BCUT2D eigenvalue weighted by Crippen LogP contribution is -2.03. The van der Waals surface area contributed by atoms with Gasteiger partial charge in [-0.05, 0) is 58.5 Å². The van der Waals surface area contributed by atoms with Crippen LogP contribution in [0.25, 0.3) is 34.1 Å². The van der Waals surface area contributed by atoms with E-state index >= 15 is 0 Å². The van der Waals surface area contributed by atoms with E-state index in [9.17, 15) is 4.39 Å². The molecule has 0 atom stereocenters. The zero-order chi connectivity index (χ0) is 20.7. The number of halogens is 3. The first-order chi connectivity index (χ1) is 14.7. The van der Waals surface area contributed by atoms with Gasteiger partial charge in [-0.3, -0.25) is 0 Å². The van der Waals surface area contributed by atoms with Crippen LogP contribution in [0.2, 0.25) is 10.0 Å². The monoisotopic (exact) mass is 439 g/mol. The van der Waals surface area contributed by atoms with Crippen LogP contribution in [0.4, 0.5) is 4.39 Å². The van der Waals surface area contributed by atoms with Crippen LogP contribution in [-0.4, -0.2) is 34.8 Å². The second kappa shape index (κ2) is 7.47. The van der Waals surface area contributed by atoms with Crippen LogP contribution in [-0.2, 0) is 6.67 Å². The average Bonchev–Trinajstić information content (AvgIpc) is 3.39. The average molecular weight is 440 g/mol. The number of alkyl halides is 1. The molecule has 30 heavy (non-hydrogen) atoms. The quantitative estimate of drug-likeness (QED) is 0.401. The summed E-state index contributed by atoms with van der Waals surface area (Å²) in [7, 11) is 0. The lowest BCUT2D eigenvalue weighted by molar-refractivity contribution is 0.485. The minimum absolute atomic E-state index is 0.403. The lowest BCUT2D eigenvalue weighted by Gasteiger charge is -2.08. The summed E-state index contributed by atoms with van der Waals surface area (Å²) in [6, 6.07) is 15.6. The standard InChI is InChI=1S/C20H12Cl2FN7/c21-13-5-8-16(22)15(10-13)18-19(30-17(25-18)2-1-9-24-30)20-26-27-28-29(20)14-6-3-12(11-23)4-7-14/h1-10H,11H2. The largest absolute Gasteiger partial charge is 0.246 e. The topological polar surface area (TPSA) is 73.8 Å². The summed E-state index contributed by atoms with van der Waals surface area (Å²) < 4.78 is 16.1. The van der Waals surface area contributed by atoms with Gasteiger partial charge >= 0.3 is 0 Å². The Kier molecular flexibility index (Phi) is 4.65. The first-order valence-electron chi connectivity index (χ1n) is 8.89. The lowest BCUT2D eigenvalue weighted by atomic mass is 10.1. The van der Waals surface area contributed by atoms with Crippen LogP contribution < -0.4 is 0 Å². The predicted molar refractivity (Wildman–Crippen MR) is 111 cm³/mol. The van der Waals surface area contributed by atoms with Crippen molar-refractivity contribution in [3.05, 3.63) is 76.4 Å². The van der Waals surface area contributed by atoms with E-state index in [2.05, 4.69) is 20.6 Å². The molecule has 3 aromatic heterocycles. The summed E-state index contributed by atoms with van der Waals surface area (Å²) in [5.41, 5.74) is 3.55. The van der Waals surface area contributed by atoms with Crippen molar-refractivity contribution in [2.24, 2.45) is 0 Å². The molecule has 0 aliphatic heterocycles. The summed E-state index contributed by atoms with van der Waals surface area (Å²) in [6.45, 7) is -0.544. The molecular weight excluding hydrogens is 428 g/mol. The molecule has 0 fully saturated rings. The normalized spacial score (nSPS) is 11.3. The predicted octanol–water partition coefficient (Wildman–Crippen LogP) is 4.82. The van der Waals surface area contributed by atoms with Gasteiger partial charge in [0.05, 0.1) is 10.7 Å². The summed E-state index contributed by atoms with van der Waals surface area (Å²) in [4.78, 5) is 4.70. The number of aromatic nitrogens is 7. The Morgan fingerprint density at radius 2 is 1.83 bits per heavy atom. The van der Waals surface area contributed by atoms with Crippen LogP contribution in [0.1, 0.15) is 5.56 Å². The maximum Gasteiger partial charge on any atom is 0.207 e. The van der Waals surface area contributed by atoms with Crippen LogP contribution in [0, 0.1) is 0 Å². The van der Waals surface area contributed by atoms with E-state index in [1.165, 1.54) is 0 Å². The van der Waals surface area contributed by atoms with Crippen LogP contribution >= 0.6 is 23.2 Å². The summed E-state index contributed by atoms with van der Waals surface area (Å²) in [5.74, 6) is 0.403. The fourth-order valence-corrected chi connectivity index (χ4v) is 3.57. The SMILES string of the molecule is FCc1ccc(-n2nnnc2-c2c(-c3cc(Cl)ccc3Cl)nc3cccnn23)cc1. The van der Waals surface area contributed by atoms with Gasteiger partial charge < -0.3 is 0 Å². The fourth-order valence-electron chi connectivity index (χ4n) is 3.19. The number of tetrazole rings is 1. The molecule has 0 unspecified atom stereocenters. The molecule has 0 bridgehead atoms. The third-order valence-corrected chi connectivity index (χ3v) is 5.16. The number of fused-ring (bicyclic) bond motifs is 1. The van der Waals surface area contributed by atoms with Gasteiger partial charge in [0.25, 0.3) is 0 Å². The molecule has 0 aliphatic rings. The number of imidazole rings is 1. The Balaban J connectivity index is 1.78. The first kappa shape index (κ1) is 18.7. The number of hydrogen-bond donors (Lipinski definition) is 0. The highest BCUT2D eigenvalue weighted by Gasteiger charge is 2.24. The molecule has 0 saturated carbocycles. The Bertz CT molecular complexity index is 1360. The highest BCUT2D eigenvalue weighted by atomic mass is 35.5. The van der Waals surface area contributed by atoms with Gasteiger partial charge in [-0.2, -0.15) is 9.78 Å². The van der Waals surface area contributed by atoms with Gasteiger partial charge in [-0.25, -0.2) is 13.9 Å². The molecule has 0 spiro atoms. The molecule has 148 valence electrons. The summed E-state index contributed by atoms with van der Waals surface area (Å²) >= 11 is 12.7. The minimum Gasteiger partial charge on any atom is -0.246 e. The molecule has 10 heteroatoms. The number of rotatable bonds is 4. The molecule has 5 aromatic rings. The number of nitrogens with zero attached hydrogens (tertiary/aromatic N) is 7. The zero-order valence-electron chi connectivity index (χ0n) is 15.2. The van der Waals surface area contributed by atoms with Crippen molar-refractivity contribution in [3.8, 4) is 28.5 Å². The smallest absolute Gasteiger partial charge is 0.207 e. The molecule has 7 nitrogen and oxygen atoms in total. The van der Waals surface area contributed by atoms with Crippen molar-refractivity contribution in [3.63, 3.8) is 0 Å². The van der Waals surface area contributed by atoms with Gasteiger partial charge in [0.15, 0.2) is 5.65 Å². The molecule has 0 saturated heterocycles. The summed E-state index contributed by atoms with van der Waals surface area (Å²) in [5, 5.41) is 17.6. The molecule has 0 aliphatic carbocycles. The van der Waals surface area contributed by atoms with E-state index in [4.69, 9.17) is 28.2 Å². The van der Waals surface area contributed by atoms with E-state index in [0.717, 1.165) is 0 Å². The molecule has 0 radical (unpaired) electrons. The summed E-state index contributed by atoms with van der Waals surface area (Å²) in [6.07, 6.45) is 1.64. The van der Waals surface area contributed by atoms with Gasteiger partial charge in [0.1, 0.15) is 18.1 Å². The highest BCUT2D eigenvalue weighted by Crippen LogP contribution is 2.36. The van der Waals surface area contributed by atoms with Gasteiger partial charge in [-0.15, -0.1) is 5.10 Å². The number of hydrogen-bond acceptors (Lipinski definition) is 5. The molecule has 0 amide bonds. The van der Waals surface area contributed by atoms with Crippen LogP contribution in [0.5, 0.6) is 0 Å². The van der Waals surface area contributed by atoms with Crippen molar-refractivity contribution >= 4 is 28.8 Å². The van der Waals surface area contributed by atoms with Gasteiger partial charge in [0, 0.05) is 16.8 Å². The number of benzene rings is 2. The zero-order valence-corrected chi connectivity index (χ0v) is 16.8. The molecule has 3 heterocycles. The van der Waals surface area contributed by atoms with Gasteiger partial charge in [0.2, 0.25) is 5.82 Å². The fraction of sp³-hybridized carbons (Fsp3) is 0.0500. The molecular formula is C20H12Cl2FN7. The molecule has 5 rings (SSSR count). The Hall–Kier alpha value is -3.36. The Labute approximate surface area is 179 Å². The van der Waals surface area contributed by atoms with E-state index in [0.29, 0.717) is 49.7 Å². The minimum atomic E-state index is -0.544. The molecule has 0 N–H and O–H groups in total. The van der Waals surface area contributed by atoms with Crippen molar-refractivity contribution in [1.29, 1.82) is 0 Å². The van der Waals surface area contributed by atoms with E-state index in [1.54, 1.807) is 63.9 Å². The maximum atomic E-state index is 12.9. The van der Waals surface area contributed by atoms with Crippen LogP contribution in [0.15, 0.2) is 60.8 Å². The second-order valence-electron chi connectivity index (χ2n) is 6.44. The Morgan fingerprint density at radius 1 is 1.00 bits per heavy atom. The van der Waals surface area contributed by atoms with Gasteiger partial charge in [-0.1, -0.05) is 35.3 Å². The highest BCUT2D eigenvalue weighted by molar-refractivity contribution is 6.35. The second-order valence-corrected chi connectivity index (χ2v) is 7.28. The van der Waals surface area contributed by atoms with Crippen molar-refractivity contribution in [2.45, 2.75) is 6.67 Å².